The molecule has 17 heavy (non-hydrogen) atoms. The molecule has 2 amide bonds. The number of anilines is 1. The summed E-state index contributed by atoms with van der Waals surface area (Å²) in [5.41, 5.74) is -0.0344. The molecule has 1 N–H and O–H groups in total. The number of nitro benzene ring substituents is 1. The molecule has 2 rings (SSSR count). The minimum absolute atomic E-state index is 0.150. The van der Waals surface area contributed by atoms with Gasteiger partial charge in [-0.2, -0.15) is 0 Å². The van der Waals surface area contributed by atoms with Gasteiger partial charge in [0.05, 0.1) is 4.92 Å². The highest BCUT2D eigenvalue weighted by atomic mass is 16.6. The van der Waals surface area contributed by atoms with Crippen LogP contribution in [-0.4, -0.2) is 29.8 Å². The molecule has 0 bridgehead atoms. The third kappa shape index (κ3) is 1.94. The van der Waals surface area contributed by atoms with Crippen LogP contribution in [0.2, 0.25) is 0 Å². The lowest BCUT2D eigenvalue weighted by Gasteiger charge is -2.25. The summed E-state index contributed by atoms with van der Waals surface area (Å²) >= 11 is 0. The number of carbonyl (C=O) groups is 2. The molecule has 1 aromatic carbocycles. The monoisotopic (exact) mass is 235 g/mol. The number of amides is 2. The quantitative estimate of drug-likeness (QED) is 0.445. The maximum atomic E-state index is 11.6. The summed E-state index contributed by atoms with van der Waals surface area (Å²) in [6.07, 6.45) is 0. The number of piperazine rings is 1. The Kier molecular flexibility index (Phi) is 2.73. The molecule has 0 radical (unpaired) electrons. The molecule has 7 heteroatoms. The first-order valence-corrected chi connectivity index (χ1v) is 4.94. The Balaban J connectivity index is 2.43. The van der Waals surface area contributed by atoms with Gasteiger partial charge in [-0.15, -0.1) is 0 Å². The average Bonchev–Trinajstić information content (AvgIpc) is 2.33. The molecule has 1 aliphatic heterocycles. The molecule has 0 unspecified atom stereocenters. The van der Waals surface area contributed by atoms with Gasteiger partial charge in [-0.1, -0.05) is 12.1 Å². The smallest absolute Gasteiger partial charge is 0.316 e. The molecule has 0 aromatic heterocycles. The van der Waals surface area contributed by atoms with Gasteiger partial charge in [0.15, 0.2) is 0 Å². The van der Waals surface area contributed by atoms with Crippen LogP contribution in [0.5, 0.6) is 0 Å². The highest BCUT2D eigenvalue weighted by Gasteiger charge is 2.31. The van der Waals surface area contributed by atoms with Gasteiger partial charge in [0, 0.05) is 19.2 Å². The SMILES string of the molecule is O=C1NCCN(c2ccccc2[N+](=O)[O-])C1=O. The standard InChI is InChI=1S/C10H9N3O4/c14-9-10(15)12(6-5-11-9)7-3-1-2-4-8(7)13(16)17/h1-4H,5-6H2,(H,11,14). The first-order valence-electron chi connectivity index (χ1n) is 4.94. The topological polar surface area (TPSA) is 92.6 Å². The maximum Gasteiger partial charge on any atom is 0.316 e. The molecule has 88 valence electrons. The molecule has 1 saturated heterocycles. The first kappa shape index (κ1) is 11.1. The number of rotatable bonds is 2. The zero-order chi connectivity index (χ0) is 12.4. The van der Waals surface area contributed by atoms with Gasteiger partial charge in [0.2, 0.25) is 0 Å². The van der Waals surface area contributed by atoms with Crippen LogP contribution < -0.4 is 10.2 Å². The summed E-state index contributed by atoms with van der Waals surface area (Å²) in [7, 11) is 0. The van der Waals surface area contributed by atoms with Crippen molar-refractivity contribution in [2.75, 3.05) is 18.0 Å². The van der Waals surface area contributed by atoms with Gasteiger partial charge in [-0.05, 0) is 6.07 Å². The number of nitrogens with one attached hydrogen (secondary N) is 1. The molecule has 0 atom stereocenters. The number of nitro groups is 1. The average molecular weight is 235 g/mol. The third-order valence-electron chi connectivity index (χ3n) is 2.43. The normalized spacial score (nSPS) is 15.6. The van der Waals surface area contributed by atoms with Crippen LogP contribution in [0.3, 0.4) is 0 Å². The summed E-state index contributed by atoms with van der Waals surface area (Å²) in [6.45, 7) is 0.520. The lowest BCUT2D eigenvalue weighted by molar-refractivity contribution is -0.384. The van der Waals surface area contributed by atoms with E-state index >= 15 is 0 Å². The van der Waals surface area contributed by atoms with Gasteiger partial charge in [0.25, 0.3) is 5.69 Å². The predicted molar refractivity (Wildman–Crippen MR) is 58.5 cm³/mol. The van der Waals surface area contributed by atoms with Crippen molar-refractivity contribution < 1.29 is 14.5 Å². The van der Waals surface area contributed by atoms with E-state index in [1.54, 1.807) is 6.07 Å². The van der Waals surface area contributed by atoms with Gasteiger partial charge < -0.3 is 5.32 Å². The maximum absolute atomic E-state index is 11.6. The van der Waals surface area contributed by atoms with Gasteiger partial charge in [-0.3, -0.25) is 24.6 Å². The highest BCUT2D eigenvalue weighted by Crippen LogP contribution is 2.27. The van der Waals surface area contributed by atoms with Crippen LogP contribution in [0.4, 0.5) is 11.4 Å². The Morgan fingerprint density at radius 2 is 2.00 bits per heavy atom. The molecule has 1 aliphatic rings. The Bertz CT molecular complexity index is 500. The molecule has 1 heterocycles. The van der Waals surface area contributed by atoms with E-state index < -0.39 is 16.7 Å². The largest absolute Gasteiger partial charge is 0.346 e. The fourth-order valence-corrected chi connectivity index (χ4v) is 1.66. The number of hydrogen-bond donors (Lipinski definition) is 1. The summed E-state index contributed by atoms with van der Waals surface area (Å²) in [6, 6.07) is 5.85. The van der Waals surface area contributed by atoms with E-state index in [9.17, 15) is 19.7 Å². The summed E-state index contributed by atoms with van der Waals surface area (Å²) < 4.78 is 0. The molecule has 1 aromatic rings. The van der Waals surface area contributed by atoms with Crippen LogP contribution in [0, 0.1) is 10.1 Å². The van der Waals surface area contributed by atoms with Crippen molar-refractivity contribution in [2.24, 2.45) is 0 Å². The fourth-order valence-electron chi connectivity index (χ4n) is 1.66. The second-order valence-electron chi connectivity index (χ2n) is 3.46. The van der Waals surface area contributed by atoms with E-state index in [1.165, 1.54) is 18.2 Å². The predicted octanol–water partition coefficient (Wildman–Crippen LogP) is 0.0576. The summed E-state index contributed by atoms with van der Waals surface area (Å²) in [5, 5.41) is 13.2. The number of benzene rings is 1. The van der Waals surface area contributed by atoms with Crippen LogP contribution in [0.25, 0.3) is 0 Å². The van der Waals surface area contributed by atoms with Crippen LogP contribution in [0.1, 0.15) is 0 Å². The Morgan fingerprint density at radius 1 is 1.29 bits per heavy atom. The zero-order valence-corrected chi connectivity index (χ0v) is 8.75. The minimum atomic E-state index is -0.773. The summed E-state index contributed by atoms with van der Waals surface area (Å²) in [5.74, 6) is -1.51. The van der Waals surface area contributed by atoms with Gasteiger partial charge in [0.1, 0.15) is 5.69 Å². The zero-order valence-electron chi connectivity index (χ0n) is 8.75. The van der Waals surface area contributed by atoms with E-state index in [1.807, 2.05) is 0 Å². The van der Waals surface area contributed by atoms with E-state index in [-0.39, 0.29) is 24.5 Å². The van der Waals surface area contributed by atoms with Crippen molar-refractivity contribution >= 4 is 23.2 Å². The molecule has 0 aliphatic carbocycles. The lowest BCUT2D eigenvalue weighted by atomic mass is 10.2. The van der Waals surface area contributed by atoms with Crippen molar-refractivity contribution in [3.63, 3.8) is 0 Å². The number of carbonyl (C=O) groups excluding carboxylic acids is 2. The fraction of sp³-hybridized carbons (Fsp3) is 0.200. The molecule has 0 saturated carbocycles. The van der Waals surface area contributed by atoms with E-state index in [0.29, 0.717) is 0 Å². The number of nitrogens with zero attached hydrogens (tertiary/aromatic N) is 2. The van der Waals surface area contributed by atoms with E-state index in [2.05, 4.69) is 5.32 Å². The summed E-state index contributed by atoms with van der Waals surface area (Å²) in [4.78, 5) is 34.1. The van der Waals surface area contributed by atoms with Gasteiger partial charge >= 0.3 is 11.8 Å². The molecule has 7 nitrogen and oxygen atoms in total. The van der Waals surface area contributed by atoms with Crippen molar-refractivity contribution in [2.45, 2.75) is 0 Å². The van der Waals surface area contributed by atoms with Crippen molar-refractivity contribution in [3.05, 3.63) is 34.4 Å². The Hall–Kier alpha value is -2.44. The molecular weight excluding hydrogens is 226 g/mol. The Labute approximate surface area is 96.2 Å². The lowest BCUT2D eigenvalue weighted by Crippen LogP contribution is -2.52. The van der Waals surface area contributed by atoms with Crippen LogP contribution in [0.15, 0.2) is 24.3 Å². The van der Waals surface area contributed by atoms with E-state index in [4.69, 9.17) is 0 Å². The second-order valence-corrected chi connectivity index (χ2v) is 3.46. The molecular formula is C10H9N3O4. The second kappa shape index (κ2) is 4.20. The van der Waals surface area contributed by atoms with Crippen molar-refractivity contribution in [3.8, 4) is 0 Å². The first-order chi connectivity index (χ1) is 8.11. The van der Waals surface area contributed by atoms with Crippen molar-refractivity contribution in [1.29, 1.82) is 0 Å². The number of para-hydroxylation sites is 2. The third-order valence-corrected chi connectivity index (χ3v) is 2.43. The van der Waals surface area contributed by atoms with E-state index in [0.717, 1.165) is 4.90 Å². The number of hydrogen-bond acceptors (Lipinski definition) is 4. The minimum Gasteiger partial charge on any atom is -0.346 e. The highest BCUT2D eigenvalue weighted by molar-refractivity contribution is 6.41. The van der Waals surface area contributed by atoms with Crippen LogP contribution >= 0.6 is 0 Å². The molecule has 0 spiro atoms. The van der Waals surface area contributed by atoms with Gasteiger partial charge in [-0.25, -0.2) is 0 Å². The van der Waals surface area contributed by atoms with Crippen molar-refractivity contribution in [1.82, 2.24) is 5.32 Å². The van der Waals surface area contributed by atoms with Crippen LogP contribution in [-0.2, 0) is 9.59 Å². The Morgan fingerprint density at radius 3 is 2.71 bits per heavy atom. The molecule has 1 fully saturated rings.